The molecule has 1 aromatic carbocycles. The van der Waals surface area contributed by atoms with Crippen LogP contribution in [0.1, 0.15) is 35.2 Å². The Balaban J connectivity index is 2.13. The maximum atomic E-state index is 11.1. The second kappa shape index (κ2) is 4.56. The number of carbonyl (C=O) groups is 1. The number of aryl methyl sites for hydroxylation is 1. The summed E-state index contributed by atoms with van der Waals surface area (Å²) in [5.74, 6) is -0.138. The van der Waals surface area contributed by atoms with Crippen LogP contribution < -0.4 is 5.32 Å². The summed E-state index contributed by atoms with van der Waals surface area (Å²) in [6.07, 6.45) is 3.84. The Morgan fingerprint density at radius 3 is 2.81 bits per heavy atom. The molecule has 0 bridgehead atoms. The second-order valence-electron chi connectivity index (χ2n) is 4.48. The number of para-hydroxylation sites is 1. The normalized spacial score (nSPS) is 15.6. The van der Waals surface area contributed by atoms with Gasteiger partial charge in [0.15, 0.2) is 0 Å². The highest BCUT2D eigenvalue weighted by atomic mass is 16.4. The topological polar surface area (TPSA) is 49.3 Å². The fourth-order valence-electron chi connectivity index (χ4n) is 2.02. The number of nitrogens with one attached hydrogen (secondary N) is 1. The zero-order chi connectivity index (χ0) is 11.5. The predicted molar refractivity (Wildman–Crippen MR) is 64.0 cm³/mol. The molecule has 86 valence electrons. The van der Waals surface area contributed by atoms with Crippen LogP contribution in [0.4, 0.5) is 5.69 Å². The van der Waals surface area contributed by atoms with E-state index in [9.17, 15) is 4.79 Å². The summed E-state index contributed by atoms with van der Waals surface area (Å²) >= 11 is 0. The van der Waals surface area contributed by atoms with Crippen molar-refractivity contribution in [3.05, 3.63) is 29.3 Å². The van der Waals surface area contributed by atoms with E-state index in [1.54, 1.807) is 12.1 Å². The number of benzene rings is 1. The van der Waals surface area contributed by atoms with Crippen LogP contribution in [-0.2, 0) is 0 Å². The molecule has 1 aliphatic rings. The van der Waals surface area contributed by atoms with Gasteiger partial charge in [0.1, 0.15) is 0 Å². The van der Waals surface area contributed by atoms with Crippen molar-refractivity contribution in [3.8, 4) is 0 Å². The van der Waals surface area contributed by atoms with E-state index < -0.39 is 5.97 Å². The first-order valence-corrected chi connectivity index (χ1v) is 5.75. The zero-order valence-corrected chi connectivity index (χ0v) is 9.49. The Labute approximate surface area is 95.5 Å². The van der Waals surface area contributed by atoms with Crippen LogP contribution in [0.2, 0.25) is 0 Å². The molecular weight excluding hydrogens is 202 g/mol. The molecule has 0 aromatic heterocycles. The highest BCUT2D eigenvalue weighted by molar-refractivity contribution is 5.95. The molecule has 0 aliphatic heterocycles. The molecule has 0 heterocycles. The van der Waals surface area contributed by atoms with E-state index >= 15 is 0 Å². The number of aromatic carboxylic acids is 1. The number of hydrogen-bond donors (Lipinski definition) is 2. The van der Waals surface area contributed by atoms with Gasteiger partial charge in [-0.2, -0.15) is 0 Å². The largest absolute Gasteiger partial charge is 0.478 e. The number of hydrogen-bond acceptors (Lipinski definition) is 2. The molecule has 0 atom stereocenters. The van der Waals surface area contributed by atoms with Crippen molar-refractivity contribution in [1.29, 1.82) is 0 Å². The molecule has 3 heteroatoms. The van der Waals surface area contributed by atoms with Crippen molar-refractivity contribution in [2.75, 3.05) is 11.9 Å². The number of carboxylic acid groups (broad SMARTS) is 1. The van der Waals surface area contributed by atoms with E-state index in [0.29, 0.717) is 5.56 Å². The first-order valence-electron chi connectivity index (χ1n) is 5.75. The van der Waals surface area contributed by atoms with Gasteiger partial charge in [-0.25, -0.2) is 4.79 Å². The summed E-state index contributed by atoms with van der Waals surface area (Å²) in [5.41, 5.74) is 2.15. The molecule has 2 N–H and O–H groups in total. The van der Waals surface area contributed by atoms with Gasteiger partial charge in [-0.3, -0.25) is 0 Å². The molecule has 0 spiro atoms. The molecular formula is C13H17NO2. The first kappa shape index (κ1) is 11.0. The number of anilines is 1. The average molecular weight is 219 g/mol. The summed E-state index contributed by atoms with van der Waals surface area (Å²) in [5, 5.41) is 12.4. The molecule has 1 fully saturated rings. The summed E-state index contributed by atoms with van der Waals surface area (Å²) in [6, 6.07) is 5.38. The van der Waals surface area contributed by atoms with Gasteiger partial charge < -0.3 is 10.4 Å². The van der Waals surface area contributed by atoms with Crippen molar-refractivity contribution in [3.63, 3.8) is 0 Å². The third-order valence-electron chi connectivity index (χ3n) is 3.30. The Morgan fingerprint density at radius 2 is 2.25 bits per heavy atom. The summed E-state index contributed by atoms with van der Waals surface area (Å²) in [4.78, 5) is 11.1. The molecule has 1 aliphatic carbocycles. The molecule has 16 heavy (non-hydrogen) atoms. The average Bonchev–Trinajstić information content (AvgIpc) is 2.17. The zero-order valence-electron chi connectivity index (χ0n) is 9.49. The van der Waals surface area contributed by atoms with Crippen molar-refractivity contribution >= 4 is 11.7 Å². The lowest BCUT2D eigenvalue weighted by Gasteiger charge is -2.26. The van der Waals surface area contributed by atoms with Gasteiger partial charge in [0.05, 0.1) is 11.3 Å². The van der Waals surface area contributed by atoms with E-state index in [1.165, 1.54) is 19.3 Å². The third-order valence-corrected chi connectivity index (χ3v) is 3.30. The van der Waals surface area contributed by atoms with E-state index in [0.717, 1.165) is 23.7 Å². The Bertz CT molecular complexity index is 397. The minimum atomic E-state index is -0.861. The van der Waals surface area contributed by atoms with E-state index in [4.69, 9.17) is 5.11 Å². The molecule has 0 unspecified atom stereocenters. The Morgan fingerprint density at radius 1 is 1.50 bits per heavy atom. The minimum Gasteiger partial charge on any atom is -0.478 e. The smallest absolute Gasteiger partial charge is 0.337 e. The van der Waals surface area contributed by atoms with Gasteiger partial charge in [0.2, 0.25) is 0 Å². The van der Waals surface area contributed by atoms with Gasteiger partial charge >= 0.3 is 5.97 Å². The van der Waals surface area contributed by atoms with Crippen LogP contribution in [0.3, 0.4) is 0 Å². The standard InChI is InChI=1S/C13H17NO2/c1-9-4-2-7-11(13(15)16)12(9)14-8-10-5-3-6-10/h2,4,7,10,14H,3,5-6,8H2,1H3,(H,15,16). The molecule has 2 rings (SSSR count). The highest BCUT2D eigenvalue weighted by Gasteiger charge is 2.18. The Kier molecular flexibility index (Phi) is 3.13. The molecule has 0 saturated heterocycles. The fourth-order valence-corrected chi connectivity index (χ4v) is 2.02. The minimum absolute atomic E-state index is 0.374. The first-order chi connectivity index (χ1) is 7.68. The summed E-state index contributed by atoms with van der Waals surface area (Å²) < 4.78 is 0. The number of rotatable bonds is 4. The molecule has 1 aromatic rings. The van der Waals surface area contributed by atoms with Crippen LogP contribution >= 0.6 is 0 Å². The maximum Gasteiger partial charge on any atom is 0.337 e. The van der Waals surface area contributed by atoms with Gasteiger partial charge in [0.25, 0.3) is 0 Å². The van der Waals surface area contributed by atoms with E-state index in [-0.39, 0.29) is 0 Å². The second-order valence-corrected chi connectivity index (χ2v) is 4.48. The van der Waals surface area contributed by atoms with Crippen molar-refractivity contribution < 1.29 is 9.90 Å². The van der Waals surface area contributed by atoms with Crippen molar-refractivity contribution in [2.24, 2.45) is 5.92 Å². The van der Waals surface area contributed by atoms with E-state index in [1.807, 2.05) is 13.0 Å². The third kappa shape index (κ3) is 2.18. The van der Waals surface area contributed by atoms with Crippen LogP contribution in [0.25, 0.3) is 0 Å². The SMILES string of the molecule is Cc1cccc(C(=O)O)c1NCC1CCC1. The van der Waals surface area contributed by atoms with Crippen LogP contribution in [0.5, 0.6) is 0 Å². The lowest BCUT2D eigenvalue weighted by atomic mass is 9.85. The maximum absolute atomic E-state index is 11.1. The lowest BCUT2D eigenvalue weighted by molar-refractivity contribution is 0.0698. The van der Waals surface area contributed by atoms with Crippen LogP contribution in [0.15, 0.2) is 18.2 Å². The molecule has 0 amide bonds. The van der Waals surface area contributed by atoms with Gasteiger partial charge in [-0.05, 0) is 37.3 Å². The monoisotopic (exact) mass is 219 g/mol. The van der Waals surface area contributed by atoms with Gasteiger partial charge in [0, 0.05) is 6.54 Å². The van der Waals surface area contributed by atoms with Crippen molar-refractivity contribution in [2.45, 2.75) is 26.2 Å². The Hall–Kier alpha value is -1.51. The van der Waals surface area contributed by atoms with Crippen molar-refractivity contribution in [1.82, 2.24) is 0 Å². The fraction of sp³-hybridized carbons (Fsp3) is 0.462. The summed E-state index contributed by atoms with van der Waals surface area (Å²) in [7, 11) is 0. The van der Waals surface area contributed by atoms with E-state index in [2.05, 4.69) is 5.32 Å². The van der Waals surface area contributed by atoms with Gasteiger partial charge in [-0.1, -0.05) is 18.6 Å². The molecule has 0 radical (unpaired) electrons. The number of carboxylic acids is 1. The highest BCUT2D eigenvalue weighted by Crippen LogP contribution is 2.28. The summed E-state index contributed by atoms with van der Waals surface area (Å²) in [6.45, 7) is 2.83. The van der Waals surface area contributed by atoms with Gasteiger partial charge in [-0.15, -0.1) is 0 Å². The predicted octanol–water partition coefficient (Wildman–Crippen LogP) is 2.91. The molecule has 3 nitrogen and oxygen atoms in total. The van der Waals surface area contributed by atoms with Crippen LogP contribution in [0, 0.1) is 12.8 Å². The molecule has 1 saturated carbocycles. The lowest BCUT2D eigenvalue weighted by Crippen LogP contribution is -2.22. The quantitative estimate of drug-likeness (QED) is 0.818. The van der Waals surface area contributed by atoms with Crippen LogP contribution in [-0.4, -0.2) is 17.6 Å².